The van der Waals surface area contributed by atoms with Crippen molar-refractivity contribution in [3.05, 3.63) is 58.6 Å². The lowest BCUT2D eigenvalue weighted by molar-refractivity contribution is 0.101. The molecule has 0 fully saturated rings. The van der Waals surface area contributed by atoms with Gasteiger partial charge in [-0.05, 0) is 30.2 Å². The van der Waals surface area contributed by atoms with Crippen LogP contribution in [0.25, 0.3) is 11.1 Å². The number of benzene rings is 2. The molecule has 0 bridgehead atoms. The zero-order valence-electron chi connectivity index (χ0n) is 9.81. The largest absolute Gasteiger partial charge is 0.298 e. The highest BCUT2D eigenvalue weighted by Crippen LogP contribution is 2.28. The number of halogens is 1. The molecule has 0 spiro atoms. The maximum atomic E-state index is 11.6. The molecule has 0 N–H and O–H groups in total. The second-order valence-corrected chi connectivity index (χ2v) is 4.39. The molecule has 0 radical (unpaired) electrons. The molecule has 0 heterocycles. The van der Waals surface area contributed by atoms with Gasteiger partial charge in [0.2, 0.25) is 0 Å². The second kappa shape index (κ2) is 5.15. The first-order valence-corrected chi connectivity index (χ1v) is 5.86. The van der Waals surface area contributed by atoms with Gasteiger partial charge in [-0.2, -0.15) is 0 Å². The van der Waals surface area contributed by atoms with Crippen molar-refractivity contribution < 1.29 is 9.59 Å². The molecule has 2 aromatic carbocycles. The van der Waals surface area contributed by atoms with Crippen molar-refractivity contribution in [3.63, 3.8) is 0 Å². The van der Waals surface area contributed by atoms with Crippen LogP contribution in [0.15, 0.2) is 42.5 Å². The molecule has 0 aliphatic carbocycles. The summed E-state index contributed by atoms with van der Waals surface area (Å²) in [5, 5.41) is 0.501. The number of hydrogen-bond donors (Lipinski definition) is 0. The van der Waals surface area contributed by atoms with Crippen molar-refractivity contribution in [2.45, 2.75) is 6.92 Å². The lowest BCUT2D eigenvalue weighted by Gasteiger charge is -2.09. The van der Waals surface area contributed by atoms with Crippen LogP contribution in [0, 0.1) is 0 Å². The molecule has 0 saturated heterocycles. The Bertz CT molecular complexity index is 618. The van der Waals surface area contributed by atoms with Crippen LogP contribution < -0.4 is 0 Å². The molecule has 0 amide bonds. The van der Waals surface area contributed by atoms with E-state index in [4.69, 9.17) is 11.6 Å². The summed E-state index contributed by atoms with van der Waals surface area (Å²) in [5.74, 6) is -0.0302. The molecule has 2 aromatic rings. The number of carbonyl (C=O) groups excluding carboxylic acids is 2. The Balaban J connectivity index is 2.69. The van der Waals surface area contributed by atoms with Gasteiger partial charge in [-0.1, -0.05) is 41.9 Å². The molecule has 0 unspecified atom stereocenters. The molecule has 2 rings (SSSR count). The molecular formula is C15H11ClO2. The summed E-state index contributed by atoms with van der Waals surface area (Å²) in [6.07, 6.45) is 0.748. The minimum Gasteiger partial charge on any atom is -0.298 e. The molecule has 0 saturated carbocycles. The fourth-order valence-electron chi connectivity index (χ4n) is 1.90. The van der Waals surface area contributed by atoms with E-state index in [1.54, 1.807) is 30.3 Å². The quantitative estimate of drug-likeness (QED) is 0.615. The van der Waals surface area contributed by atoms with Gasteiger partial charge in [0.25, 0.3) is 0 Å². The predicted molar refractivity (Wildman–Crippen MR) is 72.3 cm³/mol. The van der Waals surface area contributed by atoms with E-state index in [-0.39, 0.29) is 5.78 Å². The second-order valence-electron chi connectivity index (χ2n) is 3.95. The number of carbonyl (C=O) groups is 2. The standard InChI is InChI=1S/C15H11ClO2/c1-10(18)13-4-2-3-5-15(13)14-7-6-12(16)8-11(14)9-17/h2-9H,1H3. The lowest BCUT2D eigenvalue weighted by Crippen LogP contribution is -1.97. The maximum Gasteiger partial charge on any atom is 0.160 e. The van der Waals surface area contributed by atoms with Crippen molar-refractivity contribution in [2.75, 3.05) is 0 Å². The highest BCUT2D eigenvalue weighted by atomic mass is 35.5. The van der Waals surface area contributed by atoms with Gasteiger partial charge in [0.1, 0.15) is 0 Å². The number of rotatable bonds is 3. The number of aldehydes is 1. The Hall–Kier alpha value is -1.93. The van der Waals surface area contributed by atoms with Crippen LogP contribution in [-0.2, 0) is 0 Å². The lowest BCUT2D eigenvalue weighted by atomic mass is 9.94. The molecule has 18 heavy (non-hydrogen) atoms. The summed E-state index contributed by atoms with van der Waals surface area (Å²) >= 11 is 5.86. The van der Waals surface area contributed by atoms with Gasteiger partial charge in [0.15, 0.2) is 12.1 Å². The van der Waals surface area contributed by atoms with Gasteiger partial charge >= 0.3 is 0 Å². The van der Waals surface area contributed by atoms with Crippen molar-refractivity contribution in [3.8, 4) is 11.1 Å². The van der Waals surface area contributed by atoms with E-state index in [2.05, 4.69) is 0 Å². The molecule has 0 aliphatic heterocycles. The minimum absolute atomic E-state index is 0.0302. The van der Waals surface area contributed by atoms with Crippen molar-refractivity contribution in [1.82, 2.24) is 0 Å². The highest BCUT2D eigenvalue weighted by Gasteiger charge is 2.11. The Morgan fingerprint density at radius 3 is 2.50 bits per heavy atom. The van der Waals surface area contributed by atoms with E-state index < -0.39 is 0 Å². The molecule has 90 valence electrons. The van der Waals surface area contributed by atoms with Crippen LogP contribution in [0.1, 0.15) is 27.6 Å². The van der Waals surface area contributed by atoms with Crippen molar-refractivity contribution >= 4 is 23.7 Å². The number of ketones is 1. The van der Waals surface area contributed by atoms with E-state index in [0.717, 1.165) is 17.4 Å². The third kappa shape index (κ3) is 2.34. The average molecular weight is 259 g/mol. The van der Waals surface area contributed by atoms with Crippen LogP contribution >= 0.6 is 11.6 Å². The zero-order chi connectivity index (χ0) is 13.1. The number of Topliss-reactive ketones (excluding diaryl/α,β-unsaturated/α-hetero) is 1. The SMILES string of the molecule is CC(=O)c1ccccc1-c1ccc(Cl)cc1C=O. The summed E-state index contributed by atoms with van der Waals surface area (Å²) in [5.41, 5.74) is 2.56. The van der Waals surface area contributed by atoms with Gasteiger partial charge in [0.05, 0.1) is 0 Å². The van der Waals surface area contributed by atoms with Crippen LogP contribution in [-0.4, -0.2) is 12.1 Å². The van der Waals surface area contributed by atoms with Crippen molar-refractivity contribution in [1.29, 1.82) is 0 Å². The monoisotopic (exact) mass is 258 g/mol. The van der Waals surface area contributed by atoms with E-state index in [9.17, 15) is 9.59 Å². The fraction of sp³-hybridized carbons (Fsp3) is 0.0667. The molecule has 3 heteroatoms. The summed E-state index contributed by atoms with van der Waals surface area (Å²) < 4.78 is 0. The molecule has 0 aliphatic rings. The topological polar surface area (TPSA) is 34.1 Å². The molecular weight excluding hydrogens is 248 g/mol. The van der Waals surface area contributed by atoms with E-state index in [0.29, 0.717) is 16.1 Å². The molecule has 0 atom stereocenters. The van der Waals surface area contributed by atoms with Gasteiger partial charge in [-0.15, -0.1) is 0 Å². The van der Waals surface area contributed by atoms with Crippen LogP contribution in [0.2, 0.25) is 5.02 Å². The van der Waals surface area contributed by atoms with Crippen LogP contribution in [0.3, 0.4) is 0 Å². The summed E-state index contributed by atoms with van der Waals surface area (Å²) in [7, 11) is 0. The van der Waals surface area contributed by atoms with Crippen LogP contribution in [0.4, 0.5) is 0 Å². The van der Waals surface area contributed by atoms with E-state index in [1.807, 2.05) is 12.1 Å². The average Bonchev–Trinajstić information content (AvgIpc) is 2.38. The Labute approximate surface area is 110 Å². The first kappa shape index (κ1) is 12.5. The van der Waals surface area contributed by atoms with E-state index in [1.165, 1.54) is 6.92 Å². The van der Waals surface area contributed by atoms with E-state index >= 15 is 0 Å². The fourth-order valence-corrected chi connectivity index (χ4v) is 2.08. The first-order chi connectivity index (χ1) is 8.63. The predicted octanol–water partition coefficient (Wildman–Crippen LogP) is 4.02. The minimum atomic E-state index is -0.0302. The smallest absolute Gasteiger partial charge is 0.160 e. The summed E-state index contributed by atoms with van der Waals surface area (Å²) in [4.78, 5) is 22.7. The highest BCUT2D eigenvalue weighted by molar-refractivity contribution is 6.31. The normalized spacial score (nSPS) is 10.1. The molecule has 2 nitrogen and oxygen atoms in total. The zero-order valence-corrected chi connectivity index (χ0v) is 10.6. The van der Waals surface area contributed by atoms with Gasteiger partial charge in [-0.3, -0.25) is 9.59 Å². The Morgan fingerprint density at radius 1 is 1.11 bits per heavy atom. The van der Waals surface area contributed by atoms with Crippen molar-refractivity contribution in [2.24, 2.45) is 0 Å². The van der Waals surface area contributed by atoms with Crippen LogP contribution in [0.5, 0.6) is 0 Å². The van der Waals surface area contributed by atoms with Gasteiger partial charge < -0.3 is 0 Å². The third-order valence-corrected chi connectivity index (χ3v) is 2.97. The third-order valence-electron chi connectivity index (χ3n) is 2.74. The number of hydrogen-bond acceptors (Lipinski definition) is 2. The molecule has 0 aromatic heterocycles. The first-order valence-electron chi connectivity index (χ1n) is 5.48. The summed E-state index contributed by atoms with van der Waals surface area (Å²) in [6, 6.07) is 12.3. The maximum absolute atomic E-state index is 11.6. The Kier molecular flexibility index (Phi) is 3.58. The summed E-state index contributed by atoms with van der Waals surface area (Å²) in [6.45, 7) is 1.51. The van der Waals surface area contributed by atoms with Gasteiger partial charge in [0, 0.05) is 16.1 Å². The van der Waals surface area contributed by atoms with Gasteiger partial charge in [-0.25, -0.2) is 0 Å². The Morgan fingerprint density at radius 2 is 1.83 bits per heavy atom.